The van der Waals surface area contributed by atoms with Gasteiger partial charge in [0.1, 0.15) is 11.4 Å². The fraction of sp³-hybridized carbons (Fsp3) is 0.267. The number of carbonyl (C=O) groups is 2. The number of nitrogens with zero attached hydrogens (tertiary/aromatic N) is 4. The van der Waals surface area contributed by atoms with Crippen LogP contribution in [0.15, 0.2) is 67.1 Å². The molecule has 4 aromatic rings. The van der Waals surface area contributed by atoms with Crippen LogP contribution >= 0.6 is 0 Å². The normalized spacial score (nSPS) is 13.1. The number of hydrogen-bond donors (Lipinski definition) is 2. The second kappa shape index (κ2) is 10.7. The van der Waals surface area contributed by atoms with Crippen LogP contribution in [0.5, 0.6) is 0 Å². The number of anilines is 2. The predicted octanol–water partition coefficient (Wildman–Crippen LogP) is 5.39. The minimum Gasteiger partial charge on any atom is -0.373 e. The topological polar surface area (TPSA) is 119 Å². The molecule has 1 fully saturated rings. The molecule has 5 rings (SSSR count). The summed E-state index contributed by atoms with van der Waals surface area (Å²) in [7, 11) is 1.61. The quantitative estimate of drug-likeness (QED) is 0.318. The van der Waals surface area contributed by atoms with Gasteiger partial charge in [-0.3, -0.25) is 14.6 Å². The molecule has 1 saturated carbocycles. The number of ether oxygens (including phenoxy) is 1. The number of benzene rings is 1. The number of rotatable bonds is 8. The number of amides is 2. The first-order valence-corrected chi connectivity index (χ1v) is 12.8. The van der Waals surface area contributed by atoms with Crippen LogP contribution in [-0.4, -0.2) is 39.1 Å². The summed E-state index contributed by atoms with van der Waals surface area (Å²) in [6, 6.07) is 14.7. The highest BCUT2D eigenvalue weighted by molar-refractivity contribution is 6.04. The number of pyridine rings is 2. The predicted molar refractivity (Wildman–Crippen MR) is 149 cm³/mol. The van der Waals surface area contributed by atoms with E-state index in [0.717, 1.165) is 35.1 Å². The van der Waals surface area contributed by atoms with Crippen molar-refractivity contribution in [2.75, 3.05) is 17.7 Å². The largest absolute Gasteiger partial charge is 0.373 e. The van der Waals surface area contributed by atoms with Gasteiger partial charge in [0.2, 0.25) is 5.91 Å². The van der Waals surface area contributed by atoms with E-state index in [2.05, 4.69) is 30.8 Å². The molecule has 1 aromatic carbocycles. The Balaban J connectivity index is 1.38. The molecule has 2 N–H and O–H groups in total. The van der Waals surface area contributed by atoms with E-state index in [0.29, 0.717) is 28.5 Å². The maximum Gasteiger partial charge on any atom is 0.255 e. The first-order valence-electron chi connectivity index (χ1n) is 12.8. The Hall–Kier alpha value is -4.50. The van der Waals surface area contributed by atoms with Gasteiger partial charge in [0.25, 0.3) is 5.91 Å². The summed E-state index contributed by atoms with van der Waals surface area (Å²) in [5.74, 6) is 0.362. The molecule has 3 aromatic heterocycles. The molecule has 0 spiro atoms. The van der Waals surface area contributed by atoms with Crippen molar-refractivity contribution in [2.45, 2.75) is 39.2 Å². The molecule has 0 atom stereocenters. The van der Waals surface area contributed by atoms with E-state index in [-0.39, 0.29) is 17.7 Å². The molecule has 0 radical (unpaired) electrons. The molecule has 39 heavy (non-hydrogen) atoms. The SMILES string of the molecule is COC(C)(C)c1cc(C(=O)Nc2ccc(C)c(-c3cc(-c4ccnc(NC(=O)C5CC5)c4)cnn3)c2)ccn1. The first-order chi connectivity index (χ1) is 18.7. The van der Waals surface area contributed by atoms with E-state index >= 15 is 0 Å². The maximum atomic E-state index is 13.1. The second-order valence-corrected chi connectivity index (χ2v) is 10.2. The molecule has 9 nitrogen and oxygen atoms in total. The van der Waals surface area contributed by atoms with E-state index in [1.807, 2.05) is 57.2 Å². The Morgan fingerprint density at radius 2 is 1.74 bits per heavy atom. The van der Waals surface area contributed by atoms with Crippen molar-refractivity contribution in [1.29, 1.82) is 0 Å². The van der Waals surface area contributed by atoms with Gasteiger partial charge < -0.3 is 15.4 Å². The average Bonchev–Trinajstić information content (AvgIpc) is 3.80. The van der Waals surface area contributed by atoms with Gasteiger partial charge in [-0.25, -0.2) is 4.98 Å². The van der Waals surface area contributed by atoms with E-state index in [4.69, 9.17) is 4.74 Å². The van der Waals surface area contributed by atoms with Crippen molar-refractivity contribution < 1.29 is 14.3 Å². The highest BCUT2D eigenvalue weighted by Gasteiger charge is 2.29. The Morgan fingerprint density at radius 3 is 2.51 bits per heavy atom. The van der Waals surface area contributed by atoms with Crippen molar-refractivity contribution in [1.82, 2.24) is 20.2 Å². The molecule has 1 aliphatic carbocycles. The summed E-state index contributed by atoms with van der Waals surface area (Å²) in [6.45, 7) is 5.78. The van der Waals surface area contributed by atoms with E-state index in [9.17, 15) is 9.59 Å². The van der Waals surface area contributed by atoms with Crippen molar-refractivity contribution >= 4 is 23.3 Å². The third kappa shape index (κ3) is 5.99. The zero-order valence-electron chi connectivity index (χ0n) is 22.4. The fourth-order valence-corrected chi connectivity index (χ4v) is 4.09. The zero-order valence-corrected chi connectivity index (χ0v) is 22.4. The maximum absolute atomic E-state index is 13.1. The van der Waals surface area contributed by atoms with Gasteiger partial charge in [-0.05, 0) is 87.2 Å². The minimum absolute atomic E-state index is 0.00748. The van der Waals surface area contributed by atoms with Crippen LogP contribution in [0.4, 0.5) is 11.5 Å². The third-order valence-electron chi connectivity index (χ3n) is 6.87. The molecule has 2 amide bonds. The van der Waals surface area contributed by atoms with E-state index in [1.54, 1.807) is 37.8 Å². The molecule has 0 bridgehead atoms. The van der Waals surface area contributed by atoms with Crippen LogP contribution in [0.3, 0.4) is 0 Å². The number of hydrogen-bond acceptors (Lipinski definition) is 7. The Bertz CT molecular complexity index is 1550. The molecular formula is C30H30N6O3. The lowest BCUT2D eigenvalue weighted by Crippen LogP contribution is -2.22. The van der Waals surface area contributed by atoms with E-state index in [1.165, 1.54) is 0 Å². The molecule has 0 aliphatic heterocycles. The van der Waals surface area contributed by atoms with E-state index < -0.39 is 5.60 Å². The van der Waals surface area contributed by atoms with Crippen molar-refractivity contribution in [3.63, 3.8) is 0 Å². The molecule has 0 unspecified atom stereocenters. The van der Waals surface area contributed by atoms with Crippen LogP contribution in [0.1, 0.15) is 48.3 Å². The minimum atomic E-state index is -0.616. The van der Waals surface area contributed by atoms with Crippen molar-refractivity contribution in [2.24, 2.45) is 5.92 Å². The highest BCUT2D eigenvalue weighted by atomic mass is 16.5. The summed E-state index contributed by atoms with van der Waals surface area (Å²) in [4.78, 5) is 33.9. The van der Waals surface area contributed by atoms with Gasteiger partial charge in [-0.1, -0.05) is 6.07 Å². The van der Waals surface area contributed by atoms with Crippen molar-refractivity contribution in [3.05, 3.63) is 83.9 Å². The summed E-state index contributed by atoms with van der Waals surface area (Å²) in [5.41, 5.74) is 5.35. The fourth-order valence-electron chi connectivity index (χ4n) is 4.09. The highest BCUT2D eigenvalue weighted by Crippen LogP contribution is 2.31. The molecule has 1 aliphatic rings. The van der Waals surface area contributed by atoms with Gasteiger partial charge >= 0.3 is 0 Å². The first kappa shape index (κ1) is 26.1. The van der Waals surface area contributed by atoms with Crippen LogP contribution < -0.4 is 10.6 Å². The molecular weight excluding hydrogens is 492 g/mol. The summed E-state index contributed by atoms with van der Waals surface area (Å²) < 4.78 is 5.50. The Kier molecular flexibility index (Phi) is 7.17. The standard InChI is InChI=1S/C30H30N6O3/c1-18-5-8-23(34-29(38)21-10-11-31-26(14-21)30(2,3)39-4)16-24(18)25-13-22(17-33-36-25)20-9-12-32-27(15-20)35-28(37)19-6-7-19/h5,8-17,19H,6-7H2,1-4H3,(H,34,38)(H,32,35,37). The molecule has 9 heteroatoms. The lowest BCUT2D eigenvalue weighted by molar-refractivity contribution is -0.117. The number of methoxy groups -OCH3 is 1. The molecule has 3 heterocycles. The van der Waals surface area contributed by atoms with Gasteiger partial charge in [0.15, 0.2) is 0 Å². The second-order valence-electron chi connectivity index (χ2n) is 10.2. The van der Waals surface area contributed by atoms with Gasteiger partial charge in [-0.15, -0.1) is 0 Å². The number of carbonyl (C=O) groups excluding carboxylic acids is 2. The van der Waals surface area contributed by atoms with Crippen LogP contribution in [0.25, 0.3) is 22.4 Å². The van der Waals surface area contributed by atoms with Crippen LogP contribution in [-0.2, 0) is 15.1 Å². The number of aryl methyl sites for hydroxylation is 1. The van der Waals surface area contributed by atoms with Gasteiger partial charge in [0, 0.05) is 47.8 Å². The Morgan fingerprint density at radius 1 is 0.949 bits per heavy atom. The summed E-state index contributed by atoms with van der Waals surface area (Å²) in [6.07, 6.45) is 6.80. The zero-order chi connectivity index (χ0) is 27.6. The molecule has 198 valence electrons. The number of nitrogens with one attached hydrogen (secondary N) is 2. The van der Waals surface area contributed by atoms with Gasteiger partial charge in [-0.2, -0.15) is 10.2 Å². The number of aromatic nitrogens is 4. The smallest absolute Gasteiger partial charge is 0.255 e. The van der Waals surface area contributed by atoms with Gasteiger partial charge in [0.05, 0.1) is 17.6 Å². The van der Waals surface area contributed by atoms with Crippen LogP contribution in [0, 0.1) is 12.8 Å². The van der Waals surface area contributed by atoms with Crippen LogP contribution in [0.2, 0.25) is 0 Å². The Labute approximate surface area is 227 Å². The molecule has 0 saturated heterocycles. The lowest BCUT2D eigenvalue weighted by Gasteiger charge is -2.22. The van der Waals surface area contributed by atoms with Crippen molar-refractivity contribution in [3.8, 4) is 22.4 Å². The summed E-state index contributed by atoms with van der Waals surface area (Å²) in [5, 5.41) is 14.4. The lowest BCUT2D eigenvalue weighted by atomic mass is 10.0. The average molecular weight is 523 g/mol. The summed E-state index contributed by atoms with van der Waals surface area (Å²) >= 11 is 0. The third-order valence-corrected chi connectivity index (χ3v) is 6.87. The monoisotopic (exact) mass is 522 g/mol.